The van der Waals surface area contributed by atoms with Crippen molar-refractivity contribution in [2.75, 3.05) is 13.6 Å². The molecule has 114 valence electrons. The molecule has 0 saturated carbocycles. The summed E-state index contributed by atoms with van der Waals surface area (Å²) in [5, 5.41) is 20.4. The first kappa shape index (κ1) is 13.6. The zero-order chi connectivity index (χ0) is 15.6. The highest BCUT2D eigenvalue weighted by Gasteiger charge is 2.34. The summed E-state index contributed by atoms with van der Waals surface area (Å²) in [7, 11) is 2.17. The average molecular weight is 295 g/mol. The number of phenolic OH excluding ortho intramolecular Hbond substituents is 2. The van der Waals surface area contributed by atoms with Crippen molar-refractivity contribution < 1.29 is 10.2 Å². The molecule has 0 spiro atoms. The molecule has 22 heavy (non-hydrogen) atoms. The number of hydrogen-bond acceptors (Lipinski definition) is 3. The Bertz CT molecular complexity index is 795. The molecule has 2 N–H and O–H groups in total. The number of aromatic hydroxyl groups is 2. The number of rotatable bonds is 0. The summed E-state index contributed by atoms with van der Waals surface area (Å²) in [6.45, 7) is 4.93. The molecule has 1 aliphatic heterocycles. The third-order valence-electron chi connectivity index (χ3n) is 5.39. The number of benzene rings is 2. The van der Waals surface area contributed by atoms with Crippen molar-refractivity contribution in [3.63, 3.8) is 0 Å². The molecular formula is C19H21NO2. The molecule has 3 nitrogen and oxygen atoms in total. The minimum atomic E-state index is 0.340. The third kappa shape index (κ3) is 1.72. The van der Waals surface area contributed by atoms with E-state index in [-0.39, 0.29) is 0 Å². The van der Waals surface area contributed by atoms with Crippen LogP contribution in [-0.2, 0) is 12.8 Å². The fraction of sp³-hybridized carbons (Fsp3) is 0.368. The molecule has 1 atom stereocenters. The lowest BCUT2D eigenvalue weighted by Crippen LogP contribution is -2.35. The summed E-state index contributed by atoms with van der Waals surface area (Å²) in [5.41, 5.74) is 8.01. The van der Waals surface area contributed by atoms with Gasteiger partial charge in [0.05, 0.1) is 0 Å². The molecule has 2 aromatic carbocycles. The maximum absolute atomic E-state index is 10.3. The predicted octanol–water partition coefficient (Wildman–Crippen LogP) is 3.47. The SMILES string of the molecule is Cc1cc2c(cc1O)CC1c3c(cc(O)c(C)c3-2)CCN1C. The Morgan fingerprint density at radius 1 is 1.05 bits per heavy atom. The Morgan fingerprint density at radius 3 is 2.55 bits per heavy atom. The van der Waals surface area contributed by atoms with Crippen molar-refractivity contribution in [3.8, 4) is 22.6 Å². The van der Waals surface area contributed by atoms with Crippen LogP contribution >= 0.6 is 0 Å². The first-order valence-electron chi connectivity index (χ1n) is 7.85. The van der Waals surface area contributed by atoms with Gasteiger partial charge in [-0.25, -0.2) is 0 Å². The van der Waals surface area contributed by atoms with Gasteiger partial charge >= 0.3 is 0 Å². The standard InChI is InChI=1S/C19H21NO2/c1-10-6-14-13(9-16(10)21)7-15-19-12(4-5-20(15)3)8-17(22)11(2)18(14)19/h6,8-9,15,21-22H,4-5,7H2,1-3H3. The predicted molar refractivity (Wildman–Crippen MR) is 87.5 cm³/mol. The minimum absolute atomic E-state index is 0.340. The normalized spacial score (nSPS) is 19.7. The molecule has 0 fully saturated rings. The molecule has 1 heterocycles. The number of phenols is 2. The Morgan fingerprint density at radius 2 is 1.77 bits per heavy atom. The number of fused-ring (bicyclic) bond motifs is 2. The van der Waals surface area contributed by atoms with E-state index < -0.39 is 0 Å². The summed E-state index contributed by atoms with van der Waals surface area (Å²) in [6, 6.07) is 6.26. The largest absolute Gasteiger partial charge is 0.508 e. The fourth-order valence-corrected chi connectivity index (χ4v) is 4.06. The van der Waals surface area contributed by atoms with Gasteiger partial charge in [-0.1, -0.05) is 0 Å². The fourth-order valence-electron chi connectivity index (χ4n) is 4.06. The summed E-state index contributed by atoms with van der Waals surface area (Å²) in [5.74, 6) is 0.745. The minimum Gasteiger partial charge on any atom is -0.508 e. The smallest absolute Gasteiger partial charge is 0.119 e. The summed E-state index contributed by atoms with van der Waals surface area (Å²) in [4.78, 5) is 2.39. The molecule has 3 heteroatoms. The lowest BCUT2D eigenvalue weighted by atomic mass is 9.75. The quantitative estimate of drug-likeness (QED) is 0.782. The molecule has 0 amide bonds. The van der Waals surface area contributed by atoms with Crippen molar-refractivity contribution in [2.24, 2.45) is 0 Å². The first-order valence-corrected chi connectivity index (χ1v) is 7.85. The van der Waals surface area contributed by atoms with Gasteiger partial charge in [0.1, 0.15) is 11.5 Å². The Hall–Kier alpha value is -2.00. The Kier molecular flexibility index (Phi) is 2.79. The van der Waals surface area contributed by atoms with Gasteiger partial charge in [-0.15, -0.1) is 0 Å². The van der Waals surface area contributed by atoms with E-state index in [0.717, 1.165) is 30.5 Å². The van der Waals surface area contributed by atoms with Crippen LogP contribution in [0.1, 0.15) is 33.9 Å². The van der Waals surface area contributed by atoms with Gasteiger partial charge in [0, 0.05) is 12.6 Å². The zero-order valence-corrected chi connectivity index (χ0v) is 13.3. The van der Waals surface area contributed by atoms with Crippen LogP contribution in [0.5, 0.6) is 11.5 Å². The number of hydrogen-bond donors (Lipinski definition) is 2. The monoisotopic (exact) mass is 295 g/mol. The lowest BCUT2D eigenvalue weighted by Gasteiger charge is -2.40. The first-order chi connectivity index (χ1) is 10.5. The van der Waals surface area contributed by atoms with E-state index in [9.17, 15) is 10.2 Å². The highest BCUT2D eigenvalue weighted by Crippen LogP contribution is 2.49. The van der Waals surface area contributed by atoms with E-state index in [2.05, 4.69) is 18.0 Å². The van der Waals surface area contributed by atoms with Gasteiger partial charge < -0.3 is 10.2 Å². The van der Waals surface area contributed by atoms with Crippen LogP contribution < -0.4 is 0 Å². The topological polar surface area (TPSA) is 43.7 Å². The van der Waals surface area contributed by atoms with E-state index in [0.29, 0.717) is 17.5 Å². The van der Waals surface area contributed by atoms with Gasteiger partial charge in [0.2, 0.25) is 0 Å². The maximum atomic E-state index is 10.3. The van der Waals surface area contributed by atoms with Crippen molar-refractivity contribution in [1.29, 1.82) is 0 Å². The number of nitrogens with zero attached hydrogens (tertiary/aromatic N) is 1. The van der Waals surface area contributed by atoms with E-state index in [1.54, 1.807) is 0 Å². The number of likely N-dealkylation sites (N-methyl/N-ethyl adjacent to an activating group) is 1. The van der Waals surface area contributed by atoms with Crippen LogP contribution in [-0.4, -0.2) is 28.7 Å². The molecule has 2 aliphatic rings. The zero-order valence-electron chi connectivity index (χ0n) is 13.3. The van der Waals surface area contributed by atoms with E-state index in [1.165, 1.54) is 27.8 Å². The van der Waals surface area contributed by atoms with Crippen LogP contribution in [0, 0.1) is 13.8 Å². The highest BCUT2D eigenvalue weighted by atomic mass is 16.3. The van der Waals surface area contributed by atoms with Crippen molar-refractivity contribution in [2.45, 2.75) is 32.7 Å². The van der Waals surface area contributed by atoms with Crippen molar-refractivity contribution >= 4 is 0 Å². The van der Waals surface area contributed by atoms with Gasteiger partial charge in [0.25, 0.3) is 0 Å². The average Bonchev–Trinajstić information content (AvgIpc) is 2.48. The molecule has 0 radical (unpaired) electrons. The van der Waals surface area contributed by atoms with E-state index in [4.69, 9.17) is 0 Å². The summed E-state index contributed by atoms with van der Waals surface area (Å²) >= 11 is 0. The van der Waals surface area contributed by atoms with Gasteiger partial charge in [-0.3, -0.25) is 4.90 Å². The van der Waals surface area contributed by atoms with E-state index in [1.807, 2.05) is 26.0 Å². The van der Waals surface area contributed by atoms with Gasteiger partial charge in [0.15, 0.2) is 0 Å². The van der Waals surface area contributed by atoms with Gasteiger partial charge in [-0.05, 0) is 90.9 Å². The second-order valence-electron chi connectivity index (χ2n) is 6.71. The van der Waals surface area contributed by atoms with Crippen molar-refractivity contribution in [3.05, 3.63) is 46.0 Å². The van der Waals surface area contributed by atoms with Gasteiger partial charge in [-0.2, -0.15) is 0 Å². The second-order valence-corrected chi connectivity index (χ2v) is 6.71. The molecule has 0 saturated heterocycles. The molecule has 0 aromatic heterocycles. The Balaban J connectivity index is 2.09. The Labute approximate surface area is 130 Å². The second kappa shape index (κ2) is 4.50. The molecule has 0 bridgehead atoms. The molecule has 2 aromatic rings. The highest BCUT2D eigenvalue weighted by molar-refractivity contribution is 5.81. The third-order valence-corrected chi connectivity index (χ3v) is 5.39. The van der Waals surface area contributed by atoms with Crippen LogP contribution in [0.25, 0.3) is 11.1 Å². The molecule has 1 aliphatic carbocycles. The van der Waals surface area contributed by atoms with Crippen LogP contribution in [0.15, 0.2) is 18.2 Å². The summed E-state index contributed by atoms with van der Waals surface area (Å²) in [6.07, 6.45) is 1.90. The van der Waals surface area contributed by atoms with Crippen LogP contribution in [0.4, 0.5) is 0 Å². The molecular weight excluding hydrogens is 274 g/mol. The number of aryl methyl sites for hydroxylation is 1. The van der Waals surface area contributed by atoms with E-state index >= 15 is 0 Å². The maximum Gasteiger partial charge on any atom is 0.119 e. The van der Waals surface area contributed by atoms with Crippen LogP contribution in [0.2, 0.25) is 0 Å². The molecule has 4 rings (SSSR count). The van der Waals surface area contributed by atoms with Crippen molar-refractivity contribution in [1.82, 2.24) is 4.90 Å². The summed E-state index contributed by atoms with van der Waals surface area (Å²) < 4.78 is 0. The lowest BCUT2D eigenvalue weighted by molar-refractivity contribution is 0.227. The van der Waals surface area contributed by atoms with Crippen LogP contribution in [0.3, 0.4) is 0 Å². The molecule has 1 unspecified atom stereocenters.